The molecule has 2 amide bonds. The number of hydrogen-bond donors (Lipinski definition) is 0. The van der Waals surface area contributed by atoms with Crippen LogP contribution >= 0.6 is 0 Å². The summed E-state index contributed by atoms with van der Waals surface area (Å²) in [5, 5.41) is 0. The Kier molecular flexibility index (Phi) is 7.05. The summed E-state index contributed by atoms with van der Waals surface area (Å²) in [5.74, 6) is 0.953. The molecule has 1 heterocycles. The van der Waals surface area contributed by atoms with Crippen molar-refractivity contribution < 1.29 is 23.5 Å². The van der Waals surface area contributed by atoms with Gasteiger partial charge in [-0.3, -0.25) is 4.79 Å². The fraction of sp³-hybridized carbons (Fsp3) is 0.364. The first kappa shape index (κ1) is 20.6. The van der Waals surface area contributed by atoms with Gasteiger partial charge in [0, 0.05) is 32.6 Å². The predicted octanol–water partition coefficient (Wildman–Crippen LogP) is 3.85. The first-order valence-corrected chi connectivity index (χ1v) is 9.77. The maximum Gasteiger partial charge on any atom is 0.409 e. The average molecular weight is 400 g/mol. The molecule has 0 unspecified atom stereocenters. The van der Waals surface area contributed by atoms with Crippen molar-refractivity contribution in [3.63, 3.8) is 0 Å². The second-order valence-corrected chi connectivity index (χ2v) is 6.77. The molecule has 0 atom stereocenters. The van der Waals surface area contributed by atoms with Crippen molar-refractivity contribution in [1.82, 2.24) is 9.80 Å². The number of rotatable bonds is 6. The first-order chi connectivity index (χ1) is 14.0. The normalized spacial score (nSPS) is 13.9. The van der Waals surface area contributed by atoms with Gasteiger partial charge in [0.1, 0.15) is 17.3 Å². The number of aryl methyl sites for hydroxylation is 1. The van der Waals surface area contributed by atoms with Gasteiger partial charge < -0.3 is 19.3 Å². The van der Waals surface area contributed by atoms with Crippen molar-refractivity contribution in [3.8, 4) is 11.5 Å². The fourth-order valence-electron chi connectivity index (χ4n) is 3.17. The van der Waals surface area contributed by atoms with E-state index in [0.29, 0.717) is 57.1 Å². The van der Waals surface area contributed by atoms with Crippen LogP contribution in [0.1, 0.15) is 18.9 Å². The van der Waals surface area contributed by atoms with Gasteiger partial charge in [-0.25, -0.2) is 9.18 Å². The average Bonchev–Trinajstić information content (AvgIpc) is 2.74. The van der Waals surface area contributed by atoms with E-state index in [1.807, 2.05) is 24.3 Å². The molecule has 3 rings (SSSR count). The quantitative estimate of drug-likeness (QED) is 0.739. The second kappa shape index (κ2) is 9.91. The number of hydrogen-bond acceptors (Lipinski definition) is 4. The van der Waals surface area contributed by atoms with E-state index in [4.69, 9.17) is 9.47 Å². The molecule has 1 aliphatic rings. The molecule has 2 aromatic rings. The smallest absolute Gasteiger partial charge is 0.409 e. The van der Waals surface area contributed by atoms with E-state index in [1.54, 1.807) is 28.9 Å². The minimum Gasteiger partial charge on any atom is -0.457 e. The van der Waals surface area contributed by atoms with E-state index in [9.17, 15) is 14.0 Å². The summed E-state index contributed by atoms with van der Waals surface area (Å²) >= 11 is 0. The third-order valence-electron chi connectivity index (χ3n) is 4.73. The highest BCUT2D eigenvalue weighted by molar-refractivity contribution is 5.77. The minimum atomic E-state index is -0.322. The van der Waals surface area contributed by atoms with Crippen LogP contribution in [0, 0.1) is 5.82 Å². The number of piperazine rings is 1. The molecule has 1 aliphatic heterocycles. The Morgan fingerprint density at radius 1 is 0.966 bits per heavy atom. The van der Waals surface area contributed by atoms with E-state index in [0.717, 1.165) is 5.56 Å². The minimum absolute atomic E-state index is 0.0679. The van der Waals surface area contributed by atoms with Gasteiger partial charge in [-0.15, -0.1) is 0 Å². The zero-order chi connectivity index (χ0) is 20.6. The molecule has 0 spiro atoms. The Hall–Kier alpha value is -3.09. The number of halogens is 1. The number of benzene rings is 2. The van der Waals surface area contributed by atoms with Crippen LogP contribution in [0.4, 0.5) is 9.18 Å². The van der Waals surface area contributed by atoms with E-state index in [2.05, 4.69) is 0 Å². The lowest BCUT2D eigenvalue weighted by molar-refractivity contribution is -0.132. The second-order valence-electron chi connectivity index (χ2n) is 6.77. The largest absolute Gasteiger partial charge is 0.457 e. The zero-order valence-electron chi connectivity index (χ0n) is 16.5. The molecule has 1 fully saturated rings. The van der Waals surface area contributed by atoms with Gasteiger partial charge in [0.15, 0.2) is 0 Å². The predicted molar refractivity (Wildman–Crippen MR) is 106 cm³/mol. The monoisotopic (exact) mass is 400 g/mol. The molecule has 29 heavy (non-hydrogen) atoms. The van der Waals surface area contributed by atoms with E-state index >= 15 is 0 Å². The third kappa shape index (κ3) is 5.94. The van der Waals surface area contributed by atoms with Crippen LogP contribution in [-0.2, 0) is 16.0 Å². The van der Waals surface area contributed by atoms with Crippen LogP contribution in [0.5, 0.6) is 11.5 Å². The third-order valence-corrected chi connectivity index (χ3v) is 4.73. The standard InChI is InChI=1S/C22H25FN2O4/c1-2-28-22(27)25-14-12-24(13-15-25)21(26)11-6-17-4-3-5-20(16-17)29-19-9-7-18(23)8-10-19/h3-5,7-10,16H,2,6,11-15H2,1H3. The first-order valence-electron chi connectivity index (χ1n) is 9.77. The van der Waals surface area contributed by atoms with Crippen molar-refractivity contribution in [1.29, 1.82) is 0 Å². The van der Waals surface area contributed by atoms with Crippen molar-refractivity contribution in [3.05, 3.63) is 59.9 Å². The maximum absolute atomic E-state index is 13.0. The number of carbonyl (C=O) groups is 2. The molecule has 0 aliphatic carbocycles. The molecule has 1 saturated heterocycles. The van der Waals surface area contributed by atoms with Gasteiger partial charge in [-0.2, -0.15) is 0 Å². The van der Waals surface area contributed by atoms with Crippen LogP contribution in [0.2, 0.25) is 0 Å². The fourth-order valence-corrected chi connectivity index (χ4v) is 3.17. The van der Waals surface area contributed by atoms with Gasteiger partial charge in [-0.05, 0) is 55.3 Å². The summed E-state index contributed by atoms with van der Waals surface area (Å²) < 4.78 is 23.7. The Labute approximate surface area is 169 Å². The molecule has 2 aromatic carbocycles. The van der Waals surface area contributed by atoms with Crippen molar-refractivity contribution in [2.24, 2.45) is 0 Å². The summed E-state index contributed by atoms with van der Waals surface area (Å²) in [6, 6.07) is 13.4. The molecule has 0 N–H and O–H groups in total. The topological polar surface area (TPSA) is 59.1 Å². The highest BCUT2D eigenvalue weighted by Crippen LogP contribution is 2.23. The lowest BCUT2D eigenvalue weighted by atomic mass is 10.1. The Morgan fingerprint density at radius 2 is 1.66 bits per heavy atom. The van der Waals surface area contributed by atoms with Crippen LogP contribution in [0.25, 0.3) is 0 Å². The van der Waals surface area contributed by atoms with Crippen molar-refractivity contribution >= 4 is 12.0 Å². The number of nitrogens with zero attached hydrogens (tertiary/aromatic N) is 2. The lowest BCUT2D eigenvalue weighted by Gasteiger charge is -2.34. The number of amides is 2. The van der Waals surface area contributed by atoms with E-state index in [-0.39, 0.29) is 17.8 Å². The Morgan fingerprint density at radius 3 is 2.34 bits per heavy atom. The zero-order valence-corrected chi connectivity index (χ0v) is 16.5. The highest BCUT2D eigenvalue weighted by Gasteiger charge is 2.24. The van der Waals surface area contributed by atoms with Gasteiger partial charge in [-0.1, -0.05) is 12.1 Å². The van der Waals surface area contributed by atoms with Crippen LogP contribution in [0.15, 0.2) is 48.5 Å². The molecule has 6 nitrogen and oxygen atoms in total. The molecule has 0 saturated carbocycles. The summed E-state index contributed by atoms with van der Waals surface area (Å²) in [7, 11) is 0. The molecule has 0 radical (unpaired) electrons. The van der Waals surface area contributed by atoms with Crippen LogP contribution in [0.3, 0.4) is 0 Å². The number of ether oxygens (including phenoxy) is 2. The Balaban J connectivity index is 1.48. The molecular weight excluding hydrogens is 375 g/mol. The molecule has 7 heteroatoms. The molecule has 0 bridgehead atoms. The SMILES string of the molecule is CCOC(=O)N1CCN(C(=O)CCc2cccc(Oc3ccc(F)cc3)c2)CC1. The molecular formula is C22H25FN2O4. The summed E-state index contributed by atoms with van der Waals surface area (Å²) in [4.78, 5) is 27.7. The van der Waals surface area contributed by atoms with E-state index in [1.165, 1.54) is 12.1 Å². The Bertz CT molecular complexity index is 833. The summed E-state index contributed by atoms with van der Waals surface area (Å²) in [6.45, 7) is 4.15. The van der Waals surface area contributed by atoms with Crippen molar-refractivity contribution in [2.45, 2.75) is 19.8 Å². The van der Waals surface area contributed by atoms with E-state index < -0.39 is 0 Å². The maximum atomic E-state index is 13.0. The summed E-state index contributed by atoms with van der Waals surface area (Å²) in [5.41, 5.74) is 0.989. The van der Waals surface area contributed by atoms with Gasteiger partial charge >= 0.3 is 6.09 Å². The lowest BCUT2D eigenvalue weighted by Crippen LogP contribution is -2.50. The van der Waals surface area contributed by atoms with Gasteiger partial charge in [0.25, 0.3) is 0 Å². The van der Waals surface area contributed by atoms with Gasteiger partial charge in [0.05, 0.1) is 6.61 Å². The number of carbonyl (C=O) groups excluding carboxylic acids is 2. The highest BCUT2D eigenvalue weighted by atomic mass is 19.1. The molecule has 0 aromatic heterocycles. The van der Waals surface area contributed by atoms with Crippen LogP contribution < -0.4 is 4.74 Å². The van der Waals surface area contributed by atoms with Crippen LogP contribution in [-0.4, -0.2) is 54.6 Å². The summed E-state index contributed by atoms with van der Waals surface area (Å²) in [6.07, 6.45) is 0.661. The van der Waals surface area contributed by atoms with Crippen molar-refractivity contribution in [2.75, 3.05) is 32.8 Å². The molecule has 154 valence electrons. The van der Waals surface area contributed by atoms with Gasteiger partial charge in [0.2, 0.25) is 5.91 Å².